The number of anilines is 1. The number of hydrogen-bond acceptors (Lipinski definition) is 4. The summed E-state index contributed by atoms with van der Waals surface area (Å²) in [5.41, 5.74) is -1.02. The molecule has 1 heterocycles. The first kappa shape index (κ1) is 19.5. The molecule has 0 atom stereocenters. The lowest BCUT2D eigenvalue weighted by atomic mass is 10.2. The average Bonchev–Trinajstić information content (AvgIpc) is 3.10. The van der Waals surface area contributed by atoms with Crippen LogP contribution in [0.1, 0.15) is 17.7 Å². The van der Waals surface area contributed by atoms with E-state index in [9.17, 15) is 22.8 Å². The van der Waals surface area contributed by atoms with Gasteiger partial charge in [0.15, 0.2) is 0 Å². The molecule has 0 aliphatic heterocycles. The topological polar surface area (TPSA) is 80.6 Å². The van der Waals surface area contributed by atoms with Crippen molar-refractivity contribution in [1.29, 1.82) is 0 Å². The van der Waals surface area contributed by atoms with Gasteiger partial charge in [0.05, 0.1) is 11.8 Å². The van der Waals surface area contributed by atoms with Gasteiger partial charge in [0.1, 0.15) is 12.4 Å². The molecule has 0 unspecified atom stereocenters. The first-order valence-corrected chi connectivity index (χ1v) is 7.73. The lowest BCUT2D eigenvalue weighted by Crippen LogP contribution is -2.36. The second-order valence-electron chi connectivity index (χ2n) is 5.27. The Labute approximate surface area is 147 Å². The van der Waals surface area contributed by atoms with Crippen LogP contribution in [0.4, 0.5) is 18.9 Å². The van der Waals surface area contributed by atoms with Crippen LogP contribution < -0.4 is 10.6 Å². The summed E-state index contributed by atoms with van der Waals surface area (Å²) < 4.78 is 48.2. The van der Waals surface area contributed by atoms with Crippen molar-refractivity contribution in [3.63, 3.8) is 0 Å². The minimum absolute atomic E-state index is 0.109. The fourth-order valence-electron chi connectivity index (χ4n) is 1.99. The molecular formula is C17H17F3N2O4. The molecule has 6 nitrogen and oxygen atoms in total. The Bertz CT molecular complexity index is 730. The highest BCUT2D eigenvalue weighted by atomic mass is 19.4. The van der Waals surface area contributed by atoms with Crippen molar-refractivity contribution in [3.05, 3.63) is 54.0 Å². The van der Waals surface area contributed by atoms with Crippen LogP contribution in [0.25, 0.3) is 0 Å². The van der Waals surface area contributed by atoms with Gasteiger partial charge in [0.2, 0.25) is 0 Å². The molecule has 0 bridgehead atoms. The Hall–Kier alpha value is -2.81. The molecule has 2 N–H and O–H groups in total. The minimum Gasteiger partial charge on any atom is -0.467 e. The number of furan rings is 1. The van der Waals surface area contributed by atoms with E-state index in [-0.39, 0.29) is 12.2 Å². The zero-order valence-corrected chi connectivity index (χ0v) is 13.6. The van der Waals surface area contributed by atoms with Crippen LogP contribution in [-0.4, -0.2) is 25.0 Å². The van der Waals surface area contributed by atoms with Crippen molar-refractivity contribution >= 4 is 17.5 Å². The number of amides is 2. The van der Waals surface area contributed by atoms with Crippen LogP contribution in [-0.2, 0) is 27.1 Å². The third kappa shape index (κ3) is 6.25. The van der Waals surface area contributed by atoms with Gasteiger partial charge in [0.25, 0.3) is 0 Å². The summed E-state index contributed by atoms with van der Waals surface area (Å²) in [5, 5.41) is 4.49. The number of ether oxygens (including phenoxy) is 1. The molecule has 0 spiro atoms. The maximum Gasteiger partial charge on any atom is 0.416 e. The van der Waals surface area contributed by atoms with E-state index in [1.807, 2.05) is 0 Å². The molecule has 9 heteroatoms. The zero-order valence-electron chi connectivity index (χ0n) is 13.6. The van der Waals surface area contributed by atoms with E-state index in [4.69, 9.17) is 9.15 Å². The molecule has 0 aliphatic rings. The zero-order chi connectivity index (χ0) is 19.0. The number of carbonyl (C=O) groups excluding carboxylic acids is 2. The normalized spacial score (nSPS) is 11.2. The second kappa shape index (κ2) is 9.04. The molecule has 0 radical (unpaired) electrons. The number of hydrogen-bond donors (Lipinski definition) is 2. The summed E-state index contributed by atoms with van der Waals surface area (Å²) in [4.78, 5) is 23.3. The van der Waals surface area contributed by atoms with Crippen LogP contribution in [0.15, 0.2) is 47.1 Å². The maximum atomic E-state index is 12.6. The summed E-state index contributed by atoms with van der Waals surface area (Å²) in [5.74, 6) is -1.30. The Morgan fingerprint density at radius 2 is 1.92 bits per heavy atom. The van der Waals surface area contributed by atoms with Gasteiger partial charge >= 0.3 is 18.0 Å². The predicted molar refractivity (Wildman–Crippen MR) is 86.1 cm³/mol. The predicted octanol–water partition coefficient (Wildman–Crippen LogP) is 2.96. The van der Waals surface area contributed by atoms with Crippen molar-refractivity contribution in [3.8, 4) is 0 Å². The summed E-state index contributed by atoms with van der Waals surface area (Å²) in [7, 11) is 0. The van der Waals surface area contributed by atoms with Crippen molar-refractivity contribution in [2.24, 2.45) is 0 Å². The van der Waals surface area contributed by atoms with Gasteiger partial charge in [-0.15, -0.1) is 0 Å². The van der Waals surface area contributed by atoms with E-state index in [1.54, 1.807) is 12.1 Å². The van der Waals surface area contributed by atoms with Crippen LogP contribution in [0.3, 0.4) is 0 Å². The molecule has 2 rings (SSSR count). The lowest BCUT2D eigenvalue weighted by Gasteiger charge is -2.10. The summed E-state index contributed by atoms with van der Waals surface area (Å²) in [6, 6.07) is 7.55. The third-order valence-corrected chi connectivity index (χ3v) is 3.23. The van der Waals surface area contributed by atoms with Crippen LogP contribution >= 0.6 is 0 Å². The lowest BCUT2D eigenvalue weighted by molar-refractivity contribution is -0.137. The van der Waals surface area contributed by atoms with Crippen LogP contribution in [0.5, 0.6) is 0 Å². The Morgan fingerprint density at radius 1 is 1.12 bits per heavy atom. The molecule has 0 saturated carbocycles. The van der Waals surface area contributed by atoms with Gasteiger partial charge in [0, 0.05) is 18.8 Å². The largest absolute Gasteiger partial charge is 0.467 e. The van der Waals surface area contributed by atoms with Crippen molar-refractivity contribution < 1.29 is 31.9 Å². The smallest absolute Gasteiger partial charge is 0.416 e. The van der Waals surface area contributed by atoms with Gasteiger partial charge in [-0.1, -0.05) is 6.07 Å². The van der Waals surface area contributed by atoms with E-state index in [0.29, 0.717) is 25.4 Å². The van der Waals surface area contributed by atoms with Crippen molar-refractivity contribution in [2.75, 3.05) is 18.5 Å². The molecule has 0 aliphatic carbocycles. The monoisotopic (exact) mass is 370 g/mol. The van der Waals surface area contributed by atoms with Crippen molar-refractivity contribution in [1.82, 2.24) is 5.32 Å². The summed E-state index contributed by atoms with van der Waals surface area (Å²) >= 11 is 0. The summed E-state index contributed by atoms with van der Waals surface area (Å²) in [6.07, 6.45) is -2.54. The number of benzene rings is 1. The van der Waals surface area contributed by atoms with E-state index >= 15 is 0 Å². The number of halogens is 3. The number of alkyl halides is 3. The highest BCUT2D eigenvalue weighted by Crippen LogP contribution is 2.30. The average molecular weight is 370 g/mol. The fraction of sp³-hybridized carbons (Fsp3) is 0.294. The highest BCUT2D eigenvalue weighted by Gasteiger charge is 2.30. The van der Waals surface area contributed by atoms with Gasteiger partial charge < -0.3 is 19.8 Å². The second-order valence-corrected chi connectivity index (χ2v) is 5.27. The fourth-order valence-corrected chi connectivity index (χ4v) is 1.99. The SMILES string of the molecule is O=C(NCCCOCc1ccco1)C(=O)Nc1cccc(C(F)(F)F)c1. The van der Waals surface area contributed by atoms with E-state index < -0.39 is 23.6 Å². The number of rotatable bonds is 7. The molecular weight excluding hydrogens is 353 g/mol. The number of carbonyl (C=O) groups is 2. The van der Waals surface area contributed by atoms with Crippen LogP contribution in [0.2, 0.25) is 0 Å². The standard InChI is InChI=1S/C17H17F3N2O4/c18-17(19,20)12-4-1-5-13(10-12)22-16(24)15(23)21-7-3-8-25-11-14-6-2-9-26-14/h1-2,4-6,9-10H,3,7-8,11H2,(H,21,23)(H,22,24). The Kier molecular flexibility index (Phi) is 6.79. The Balaban J connectivity index is 1.68. The van der Waals surface area contributed by atoms with Gasteiger partial charge in [-0.2, -0.15) is 13.2 Å². The quantitative estimate of drug-likeness (QED) is 0.580. The third-order valence-electron chi connectivity index (χ3n) is 3.23. The molecule has 1 aromatic carbocycles. The molecule has 1 aromatic heterocycles. The molecule has 2 amide bonds. The molecule has 2 aromatic rings. The number of nitrogens with one attached hydrogen (secondary N) is 2. The van der Waals surface area contributed by atoms with E-state index in [0.717, 1.165) is 18.2 Å². The summed E-state index contributed by atoms with van der Waals surface area (Å²) in [6.45, 7) is 0.834. The van der Waals surface area contributed by atoms with E-state index in [2.05, 4.69) is 10.6 Å². The van der Waals surface area contributed by atoms with Gasteiger partial charge in [-0.3, -0.25) is 9.59 Å². The minimum atomic E-state index is -4.53. The molecule has 0 fully saturated rings. The first-order valence-electron chi connectivity index (χ1n) is 7.73. The van der Waals surface area contributed by atoms with Crippen LogP contribution in [0, 0.1) is 0 Å². The van der Waals surface area contributed by atoms with Gasteiger partial charge in [-0.25, -0.2) is 0 Å². The molecule has 0 saturated heterocycles. The Morgan fingerprint density at radius 3 is 2.62 bits per heavy atom. The molecule has 140 valence electrons. The van der Waals surface area contributed by atoms with Crippen molar-refractivity contribution in [2.45, 2.75) is 19.2 Å². The highest BCUT2D eigenvalue weighted by molar-refractivity contribution is 6.39. The molecule has 26 heavy (non-hydrogen) atoms. The van der Waals surface area contributed by atoms with E-state index in [1.165, 1.54) is 12.3 Å². The first-order chi connectivity index (χ1) is 12.4. The maximum absolute atomic E-state index is 12.6. The van der Waals surface area contributed by atoms with Gasteiger partial charge in [-0.05, 0) is 36.8 Å².